The number of alkyl halides is 4. The molecule has 0 aliphatic rings. The Labute approximate surface area is 138 Å². The summed E-state index contributed by atoms with van der Waals surface area (Å²) in [6.07, 6.45) is -8.78. The third kappa shape index (κ3) is 4.64. The summed E-state index contributed by atoms with van der Waals surface area (Å²) in [6, 6.07) is 7.93. The van der Waals surface area contributed by atoms with Gasteiger partial charge in [0.1, 0.15) is 5.75 Å². The lowest BCUT2D eigenvalue weighted by molar-refractivity contribution is -0.253. The molecule has 0 saturated carbocycles. The van der Waals surface area contributed by atoms with Gasteiger partial charge in [-0.05, 0) is 23.6 Å². The Bertz CT molecular complexity index is 714. The Hall–Kier alpha value is -2.22. The minimum Gasteiger partial charge on any atom is -0.428 e. The van der Waals surface area contributed by atoms with Gasteiger partial charge in [0.2, 0.25) is 0 Å². The largest absolute Gasteiger partial charge is 0.461 e. The van der Waals surface area contributed by atoms with Gasteiger partial charge in [0.15, 0.2) is 11.6 Å². The number of thiophene rings is 1. The van der Waals surface area contributed by atoms with E-state index in [2.05, 4.69) is 4.74 Å². The summed E-state index contributed by atoms with van der Waals surface area (Å²) in [5, 5.41) is 1.74. The average Bonchev–Trinajstić information content (AvgIpc) is 3.06. The zero-order valence-corrected chi connectivity index (χ0v) is 13.0. The van der Waals surface area contributed by atoms with E-state index in [1.54, 1.807) is 17.5 Å². The summed E-state index contributed by atoms with van der Waals surface area (Å²) in [7, 11) is 0. The van der Waals surface area contributed by atoms with Crippen LogP contribution in [0.1, 0.15) is 32.9 Å². The molecule has 2 rings (SSSR count). The zero-order chi connectivity index (χ0) is 17.7. The Morgan fingerprint density at radius 3 is 2.42 bits per heavy atom. The third-order valence-electron chi connectivity index (χ3n) is 3.04. The highest BCUT2D eigenvalue weighted by Gasteiger charge is 2.44. The van der Waals surface area contributed by atoms with Crippen LogP contribution >= 0.6 is 11.3 Å². The number of hydrogen-bond donors (Lipinski definition) is 0. The normalized spacial score (nSPS) is 11.5. The molecule has 1 aromatic carbocycles. The van der Waals surface area contributed by atoms with E-state index in [-0.39, 0.29) is 24.2 Å². The summed E-state index contributed by atoms with van der Waals surface area (Å²) in [5.41, 5.74) is 0.0107. The fourth-order valence-electron chi connectivity index (χ4n) is 1.87. The number of halogens is 4. The predicted octanol–water partition coefficient (Wildman–Crippen LogP) is 4.83. The average molecular weight is 360 g/mol. The smallest absolute Gasteiger partial charge is 0.428 e. The first-order valence-electron chi connectivity index (χ1n) is 6.84. The van der Waals surface area contributed by atoms with Crippen LogP contribution in [0, 0.1) is 0 Å². The second kappa shape index (κ2) is 7.57. The molecule has 8 heteroatoms. The number of hydrogen-bond acceptors (Lipinski definition) is 4. The van der Waals surface area contributed by atoms with E-state index in [0.29, 0.717) is 4.88 Å². The van der Waals surface area contributed by atoms with Crippen molar-refractivity contribution in [2.45, 2.75) is 25.4 Å². The van der Waals surface area contributed by atoms with Crippen molar-refractivity contribution in [2.24, 2.45) is 0 Å². The van der Waals surface area contributed by atoms with Gasteiger partial charge in [-0.15, -0.1) is 11.3 Å². The van der Waals surface area contributed by atoms with Gasteiger partial charge < -0.3 is 4.74 Å². The van der Waals surface area contributed by atoms with Crippen LogP contribution in [0.4, 0.5) is 17.6 Å². The SMILES string of the molecule is O=C(CCC(=O)c1cccs1)c1cccc(OC(F)(F)C(F)F)c1. The molecule has 0 N–H and O–H groups in total. The molecule has 128 valence electrons. The minimum atomic E-state index is -4.64. The van der Waals surface area contributed by atoms with Crippen molar-refractivity contribution in [2.75, 3.05) is 0 Å². The Morgan fingerprint density at radius 2 is 1.79 bits per heavy atom. The molecule has 1 aromatic heterocycles. The molecule has 3 nitrogen and oxygen atoms in total. The number of benzene rings is 1. The monoisotopic (exact) mass is 360 g/mol. The lowest BCUT2D eigenvalue weighted by Crippen LogP contribution is -2.33. The van der Waals surface area contributed by atoms with Crippen molar-refractivity contribution < 1.29 is 31.9 Å². The summed E-state index contributed by atoms with van der Waals surface area (Å²) >= 11 is 1.25. The highest BCUT2D eigenvalue weighted by Crippen LogP contribution is 2.28. The topological polar surface area (TPSA) is 43.4 Å². The molecule has 0 aliphatic carbocycles. The lowest BCUT2D eigenvalue weighted by Gasteiger charge is -2.17. The van der Waals surface area contributed by atoms with Crippen LogP contribution in [-0.4, -0.2) is 24.1 Å². The molecule has 0 unspecified atom stereocenters. The number of rotatable bonds is 8. The summed E-state index contributed by atoms with van der Waals surface area (Å²) < 4.78 is 53.9. The van der Waals surface area contributed by atoms with Crippen LogP contribution in [0.5, 0.6) is 5.75 Å². The summed E-state index contributed by atoms with van der Waals surface area (Å²) in [5.74, 6) is -1.21. The van der Waals surface area contributed by atoms with E-state index in [1.807, 2.05) is 0 Å². The first kappa shape index (κ1) is 18.1. The van der Waals surface area contributed by atoms with Gasteiger partial charge in [0, 0.05) is 18.4 Å². The van der Waals surface area contributed by atoms with E-state index in [9.17, 15) is 27.2 Å². The fraction of sp³-hybridized carbons (Fsp3) is 0.250. The number of carbonyl (C=O) groups excluding carboxylic acids is 2. The van der Waals surface area contributed by atoms with Gasteiger partial charge in [-0.3, -0.25) is 9.59 Å². The molecule has 1 heterocycles. The quantitative estimate of drug-likeness (QED) is 0.500. The highest BCUT2D eigenvalue weighted by atomic mass is 32.1. The van der Waals surface area contributed by atoms with Crippen LogP contribution in [0.3, 0.4) is 0 Å². The van der Waals surface area contributed by atoms with Crippen molar-refractivity contribution in [3.05, 3.63) is 52.2 Å². The van der Waals surface area contributed by atoms with Crippen molar-refractivity contribution in [3.8, 4) is 5.75 Å². The van der Waals surface area contributed by atoms with Gasteiger partial charge in [-0.25, -0.2) is 0 Å². The molecular formula is C16H12F4O3S. The number of Topliss-reactive ketones (excluding diaryl/α,β-unsaturated/α-hetero) is 2. The zero-order valence-electron chi connectivity index (χ0n) is 12.2. The van der Waals surface area contributed by atoms with Gasteiger partial charge in [-0.1, -0.05) is 18.2 Å². The lowest BCUT2D eigenvalue weighted by atomic mass is 10.0. The van der Waals surface area contributed by atoms with Gasteiger partial charge in [0.25, 0.3) is 0 Å². The van der Waals surface area contributed by atoms with E-state index in [0.717, 1.165) is 12.1 Å². The van der Waals surface area contributed by atoms with Crippen LogP contribution in [0.15, 0.2) is 41.8 Å². The molecular weight excluding hydrogens is 348 g/mol. The van der Waals surface area contributed by atoms with Crippen LogP contribution in [0.25, 0.3) is 0 Å². The van der Waals surface area contributed by atoms with E-state index in [4.69, 9.17) is 0 Å². The molecule has 0 saturated heterocycles. The highest BCUT2D eigenvalue weighted by molar-refractivity contribution is 7.12. The molecule has 0 amide bonds. The van der Waals surface area contributed by atoms with E-state index < -0.39 is 24.1 Å². The maximum atomic E-state index is 12.9. The van der Waals surface area contributed by atoms with E-state index in [1.165, 1.54) is 23.5 Å². The van der Waals surface area contributed by atoms with Crippen LogP contribution in [-0.2, 0) is 0 Å². The Balaban J connectivity index is 2.00. The molecule has 0 bridgehead atoms. The molecule has 2 aromatic rings. The molecule has 0 atom stereocenters. The molecule has 0 fully saturated rings. The number of ether oxygens (including phenoxy) is 1. The van der Waals surface area contributed by atoms with Gasteiger partial charge in [-0.2, -0.15) is 17.6 Å². The van der Waals surface area contributed by atoms with Gasteiger partial charge in [0.05, 0.1) is 4.88 Å². The van der Waals surface area contributed by atoms with Crippen molar-refractivity contribution in [1.82, 2.24) is 0 Å². The minimum absolute atomic E-state index is 0.0107. The standard InChI is InChI=1S/C16H12F4O3S/c17-15(18)16(19,20)23-11-4-1-3-10(9-11)12(21)6-7-13(22)14-5-2-8-24-14/h1-5,8-9,15H,6-7H2. The maximum Gasteiger partial charge on any atom is 0.461 e. The van der Waals surface area contributed by atoms with Crippen LogP contribution in [0.2, 0.25) is 0 Å². The van der Waals surface area contributed by atoms with Gasteiger partial charge >= 0.3 is 12.5 Å². The fourth-order valence-corrected chi connectivity index (χ4v) is 2.56. The van der Waals surface area contributed by atoms with Crippen molar-refractivity contribution in [3.63, 3.8) is 0 Å². The third-order valence-corrected chi connectivity index (χ3v) is 3.95. The summed E-state index contributed by atoms with van der Waals surface area (Å²) in [6.45, 7) is 0. The van der Waals surface area contributed by atoms with Crippen LogP contribution < -0.4 is 4.74 Å². The first-order chi connectivity index (χ1) is 11.3. The molecule has 0 radical (unpaired) electrons. The number of ketones is 2. The second-order valence-electron chi connectivity index (χ2n) is 4.82. The van der Waals surface area contributed by atoms with Crippen molar-refractivity contribution >= 4 is 22.9 Å². The first-order valence-corrected chi connectivity index (χ1v) is 7.72. The molecule has 0 aliphatic heterocycles. The Morgan fingerprint density at radius 1 is 1.08 bits per heavy atom. The molecule has 24 heavy (non-hydrogen) atoms. The summed E-state index contributed by atoms with van der Waals surface area (Å²) in [4.78, 5) is 24.4. The maximum absolute atomic E-state index is 12.9. The molecule has 0 spiro atoms. The predicted molar refractivity (Wildman–Crippen MR) is 80.2 cm³/mol. The van der Waals surface area contributed by atoms with Crippen molar-refractivity contribution in [1.29, 1.82) is 0 Å². The number of carbonyl (C=O) groups is 2. The second-order valence-corrected chi connectivity index (χ2v) is 5.76. The Kier molecular flexibility index (Phi) is 5.71. The van der Waals surface area contributed by atoms with E-state index >= 15 is 0 Å².